The van der Waals surface area contributed by atoms with Gasteiger partial charge in [-0.25, -0.2) is 0 Å². The van der Waals surface area contributed by atoms with Crippen LogP contribution in [0.15, 0.2) is 57.9 Å². The zero-order valence-corrected chi connectivity index (χ0v) is 13.8. The van der Waals surface area contributed by atoms with Crippen molar-refractivity contribution in [3.63, 3.8) is 0 Å². The first-order valence-electron chi connectivity index (χ1n) is 8.36. The molecule has 128 valence electrons. The first-order chi connectivity index (χ1) is 12.2. The monoisotopic (exact) mass is 337 g/mol. The Hall–Kier alpha value is -2.63. The molecule has 0 aliphatic carbocycles. The van der Waals surface area contributed by atoms with E-state index in [1.165, 1.54) is 6.26 Å². The summed E-state index contributed by atoms with van der Waals surface area (Å²) in [5, 5.41) is 10.8. The van der Waals surface area contributed by atoms with E-state index in [4.69, 9.17) is 9.15 Å². The molecule has 1 fully saturated rings. The Kier molecular flexibility index (Phi) is 4.26. The van der Waals surface area contributed by atoms with E-state index in [0.29, 0.717) is 35.4 Å². The van der Waals surface area contributed by atoms with Crippen LogP contribution in [0.3, 0.4) is 0 Å². The number of fused-ring (bicyclic) bond motifs is 1. The van der Waals surface area contributed by atoms with Crippen molar-refractivity contribution in [2.24, 2.45) is 0 Å². The molecule has 5 nitrogen and oxygen atoms in total. The van der Waals surface area contributed by atoms with Crippen LogP contribution in [-0.4, -0.2) is 29.9 Å². The lowest BCUT2D eigenvalue weighted by Crippen LogP contribution is -2.32. The predicted molar refractivity (Wildman–Crippen MR) is 95.4 cm³/mol. The molecule has 0 bridgehead atoms. The van der Waals surface area contributed by atoms with Crippen LogP contribution in [0.1, 0.15) is 12.0 Å². The predicted octanol–water partition coefficient (Wildman–Crippen LogP) is 3.35. The molecule has 0 spiro atoms. The average molecular weight is 337 g/mol. The van der Waals surface area contributed by atoms with Gasteiger partial charge in [0.25, 0.3) is 0 Å². The number of benzene rings is 2. The van der Waals surface area contributed by atoms with Crippen molar-refractivity contribution in [2.45, 2.75) is 13.0 Å². The molecule has 0 radical (unpaired) electrons. The third kappa shape index (κ3) is 3.04. The summed E-state index contributed by atoms with van der Waals surface area (Å²) in [6.07, 6.45) is 2.43. The molecule has 4 rings (SSSR count). The highest BCUT2D eigenvalue weighted by Gasteiger charge is 2.18. The summed E-state index contributed by atoms with van der Waals surface area (Å²) < 4.78 is 11.3. The summed E-state index contributed by atoms with van der Waals surface area (Å²) in [5.74, 6) is 0.133. The van der Waals surface area contributed by atoms with E-state index in [2.05, 4.69) is 4.90 Å². The molecule has 1 aliphatic rings. The Morgan fingerprint density at radius 2 is 1.96 bits per heavy atom. The fourth-order valence-corrected chi connectivity index (χ4v) is 3.21. The van der Waals surface area contributed by atoms with Gasteiger partial charge >= 0.3 is 0 Å². The first-order valence-corrected chi connectivity index (χ1v) is 8.36. The van der Waals surface area contributed by atoms with Gasteiger partial charge in [-0.15, -0.1) is 0 Å². The minimum absolute atomic E-state index is 0.0939. The van der Waals surface area contributed by atoms with Crippen LogP contribution in [0, 0.1) is 0 Å². The molecule has 5 heteroatoms. The third-order valence-electron chi connectivity index (χ3n) is 4.52. The number of phenolic OH excluding ortho intramolecular Hbond substituents is 1. The van der Waals surface area contributed by atoms with Crippen molar-refractivity contribution in [1.29, 1.82) is 0 Å². The molecular formula is C20H19NO4. The van der Waals surface area contributed by atoms with E-state index in [-0.39, 0.29) is 11.2 Å². The van der Waals surface area contributed by atoms with Crippen LogP contribution < -0.4 is 5.43 Å². The van der Waals surface area contributed by atoms with Crippen molar-refractivity contribution in [2.75, 3.05) is 19.9 Å². The number of aromatic hydroxyl groups is 1. The van der Waals surface area contributed by atoms with E-state index in [1.807, 2.05) is 30.3 Å². The lowest BCUT2D eigenvalue weighted by molar-refractivity contribution is -0.0178. The molecule has 1 saturated heterocycles. The van der Waals surface area contributed by atoms with Gasteiger partial charge in [-0.05, 0) is 24.1 Å². The second-order valence-electron chi connectivity index (χ2n) is 6.23. The molecule has 0 amide bonds. The number of rotatable bonds is 3. The Balaban J connectivity index is 1.80. The molecule has 2 aromatic carbocycles. The molecule has 1 aliphatic heterocycles. The van der Waals surface area contributed by atoms with E-state index in [1.54, 1.807) is 12.1 Å². The number of nitrogens with zero attached hydrogens (tertiary/aromatic N) is 1. The van der Waals surface area contributed by atoms with E-state index < -0.39 is 0 Å². The SMILES string of the molecule is O=c1c(-c2ccccc2)coc2c(CN3CCCOC3)c(O)ccc12. The second-order valence-corrected chi connectivity index (χ2v) is 6.23. The first kappa shape index (κ1) is 15.9. The molecule has 0 saturated carbocycles. The van der Waals surface area contributed by atoms with Crippen molar-refractivity contribution in [3.8, 4) is 16.9 Å². The van der Waals surface area contributed by atoms with Crippen molar-refractivity contribution in [3.05, 3.63) is 64.5 Å². The van der Waals surface area contributed by atoms with Crippen LogP contribution in [0.2, 0.25) is 0 Å². The molecule has 2 heterocycles. The van der Waals surface area contributed by atoms with Gasteiger partial charge in [-0.2, -0.15) is 0 Å². The van der Waals surface area contributed by atoms with Gasteiger partial charge in [0, 0.05) is 19.7 Å². The summed E-state index contributed by atoms with van der Waals surface area (Å²) in [6, 6.07) is 12.6. The van der Waals surface area contributed by atoms with E-state index in [9.17, 15) is 9.90 Å². The van der Waals surface area contributed by atoms with Gasteiger partial charge in [-0.1, -0.05) is 30.3 Å². The van der Waals surface area contributed by atoms with Crippen molar-refractivity contribution >= 4 is 11.0 Å². The van der Waals surface area contributed by atoms with Gasteiger partial charge in [0.1, 0.15) is 17.6 Å². The fraction of sp³-hybridized carbons (Fsp3) is 0.250. The zero-order chi connectivity index (χ0) is 17.2. The molecule has 1 aromatic heterocycles. The summed E-state index contributed by atoms with van der Waals surface area (Å²) in [4.78, 5) is 15.0. The Morgan fingerprint density at radius 1 is 1.12 bits per heavy atom. The fourth-order valence-electron chi connectivity index (χ4n) is 3.21. The lowest BCUT2D eigenvalue weighted by atomic mass is 10.0. The molecular weight excluding hydrogens is 318 g/mol. The average Bonchev–Trinajstić information content (AvgIpc) is 2.66. The van der Waals surface area contributed by atoms with Crippen LogP contribution in [0.5, 0.6) is 5.75 Å². The van der Waals surface area contributed by atoms with Crippen LogP contribution >= 0.6 is 0 Å². The summed E-state index contributed by atoms with van der Waals surface area (Å²) >= 11 is 0. The van der Waals surface area contributed by atoms with Crippen LogP contribution in [0.4, 0.5) is 0 Å². The molecule has 0 atom stereocenters. The second kappa shape index (κ2) is 6.70. The number of hydrogen-bond acceptors (Lipinski definition) is 5. The maximum Gasteiger partial charge on any atom is 0.200 e. The highest BCUT2D eigenvalue weighted by atomic mass is 16.5. The highest BCUT2D eigenvalue weighted by Crippen LogP contribution is 2.29. The number of phenols is 1. The summed E-state index contributed by atoms with van der Waals surface area (Å²) in [7, 11) is 0. The van der Waals surface area contributed by atoms with Crippen molar-refractivity contribution in [1.82, 2.24) is 4.90 Å². The van der Waals surface area contributed by atoms with E-state index in [0.717, 1.165) is 25.1 Å². The quantitative estimate of drug-likeness (QED) is 0.794. The maximum atomic E-state index is 12.9. The van der Waals surface area contributed by atoms with Gasteiger partial charge in [-0.3, -0.25) is 9.69 Å². The Labute approximate surface area is 145 Å². The molecule has 25 heavy (non-hydrogen) atoms. The normalized spacial score (nSPS) is 15.5. The molecule has 1 N–H and O–H groups in total. The lowest BCUT2D eigenvalue weighted by Gasteiger charge is -2.26. The maximum absolute atomic E-state index is 12.9. The minimum atomic E-state index is -0.0939. The topological polar surface area (TPSA) is 62.9 Å². The summed E-state index contributed by atoms with van der Waals surface area (Å²) in [5.41, 5.74) is 2.31. The van der Waals surface area contributed by atoms with Gasteiger partial charge in [0.15, 0.2) is 0 Å². The standard InChI is InChI=1S/C20H19NO4/c22-18-8-7-15-19(23)17(14-5-2-1-3-6-14)12-25-20(15)16(18)11-21-9-4-10-24-13-21/h1-3,5-8,12,22H,4,9-11,13H2. The van der Waals surface area contributed by atoms with Gasteiger partial charge in [0.2, 0.25) is 5.43 Å². The van der Waals surface area contributed by atoms with Gasteiger partial charge < -0.3 is 14.3 Å². The minimum Gasteiger partial charge on any atom is -0.507 e. The van der Waals surface area contributed by atoms with Gasteiger partial charge in [0.05, 0.1) is 23.2 Å². The summed E-state index contributed by atoms with van der Waals surface area (Å²) in [6.45, 7) is 2.65. The zero-order valence-electron chi connectivity index (χ0n) is 13.8. The molecule has 0 unspecified atom stereocenters. The largest absolute Gasteiger partial charge is 0.507 e. The Morgan fingerprint density at radius 3 is 2.72 bits per heavy atom. The number of ether oxygens (including phenoxy) is 1. The molecule has 3 aromatic rings. The van der Waals surface area contributed by atoms with Crippen LogP contribution in [-0.2, 0) is 11.3 Å². The third-order valence-corrected chi connectivity index (χ3v) is 4.52. The number of hydrogen-bond donors (Lipinski definition) is 1. The van der Waals surface area contributed by atoms with Crippen LogP contribution in [0.25, 0.3) is 22.1 Å². The van der Waals surface area contributed by atoms with E-state index >= 15 is 0 Å². The highest BCUT2D eigenvalue weighted by molar-refractivity contribution is 5.85. The Bertz CT molecular complexity index is 943. The smallest absolute Gasteiger partial charge is 0.200 e. The van der Waals surface area contributed by atoms with Crippen molar-refractivity contribution < 1.29 is 14.3 Å².